The number of fused-ring (bicyclic) bond motifs is 2. The van der Waals surface area contributed by atoms with Gasteiger partial charge in [0.25, 0.3) is 5.91 Å². The number of nitrogens with two attached hydrogens (primary N) is 1. The molecule has 2 aromatic rings. The Morgan fingerprint density at radius 1 is 1.24 bits per heavy atom. The largest absolute Gasteiger partial charge is 0.482 e. The van der Waals surface area contributed by atoms with Crippen LogP contribution in [-0.2, 0) is 11.2 Å². The molecule has 0 bridgehead atoms. The van der Waals surface area contributed by atoms with Gasteiger partial charge in [-0.15, -0.1) is 0 Å². The van der Waals surface area contributed by atoms with Crippen LogP contribution in [0.4, 0.5) is 11.4 Å². The molecule has 0 radical (unpaired) electrons. The maximum absolute atomic E-state index is 12.2. The van der Waals surface area contributed by atoms with Crippen molar-refractivity contribution < 1.29 is 9.53 Å². The molecule has 2 aliphatic rings. The Balaban J connectivity index is 1.64. The highest BCUT2D eigenvalue weighted by atomic mass is 16.5. The Labute approximate surface area is 123 Å². The molecular formula is C17H16N2O2. The van der Waals surface area contributed by atoms with Crippen molar-refractivity contribution >= 4 is 17.3 Å². The summed E-state index contributed by atoms with van der Waals surface area (Å²) in [6.07, 6.45) is 1.03. The highest BCUT2D eigenvalue weighted by Gasteiger charge is 2.32. The number of carbonyl (C=O) groups is 1. The first kappa shape index (κ1) is 12.3. The fourth-order valence-corrected chi connectivity index (χ4v) is 3.17. The van der Waals surface area contributed by atoms with Gasteiger partial charge in [0, 0.05) is 18.2 Å². The van der Waals surface area contributed by atoms with E-state index < -0.39 is 0 Å². The van der Waals surface area contributed by atoms with E-state index in [1.807, 2.05) is 17.0 Å². The lowest BCUT2D eigenvalue weighted by molar-refractivity contribution is -0.121. The first-order valence-electron chi connectivity index (χ1n) is 7.13. The first-order chi connectivity index (χ1) is 10.2. The van der Waals surface area contributed by atoms with Gasteiger partial charge in [0.2, 0.25) is 0 Å². The van der Waals surface area contributed by atoms with Crippen LogP contribution in [0.25, 0.3) is 0 Å². The van der Waals surface area contributed by atoms with E-state index in [0.29, 0.717) is 18.2 Å². The molecule has 1 heterocycles. The zero-order chi connectivity index (χ0) is 14.4. The molecule has 4 heteroatoms. The number of rotatable bonds is 2. The first-order valence-corrected chi connectivity index (χ1v) is 7.13. The molecule has 0 spiro atoms. The number of nitrogen functional groups attached to an aromatic ring is 1. The number of hydrogen-bond donors (Lipinski definition) is 1. The molecule has 1 atom stereocenters. The molecule has 0 fully saturated rings. The molecule has 4 rings (SSSR count). The second-order valence-corrected chi connectivity index (χ2v) is 5.62. The van der Waals surface area contributed by atoms with Crippen LogP contribution in [0.2, 0.25) is 0 Å². The molecule has 2 aromatic carbocycles. The predicted octanol–water partition coefficient (Wildman–Crippen LogP) is 2.33. The van der Waals surface area contributed by atoms with Crippen LogP contribution in [-0.4, -0.2) is 19.1 Å². The smallest absolute Gasteiger partial charge is 0.265 e. The molecular weight excluding hydrogens is 264 g/mol. The van der Waals surface area contributed by atoms with Crippen LogP contribution in [0.3, 0.4) is 0 Å². The number of ether oxygens (including phenoxy) is 1. The molecule has 0 aromatic heterocycles. The summed E-state index contributed by atoms with van der Waals surface area (Å²) in [6, 6.07) is 13.9. The Kier molecular flexibility index (Phi) is 2.64. The van der Waals surface area contributed by atoms with Crippen LogP contribution in [0.1, 0.15) is 17.0 Å². The van der Waals surface area contributed by atoms with E-state index in [4.69, 9.17) is 10.5 Å². The Morgan fingerprint density at radius 3 is 2.95 bits per heavy atom. The number of amides is 1. The minimum atomic E-state index is -0.00233. The molecule has 2 N–H and O–H groups in total. The number of carbonyl (C=O) groups excluding carboxylic acids is 1. The van der Waals surface area contributed by atoms with Crippen LogP contribution >= 0.6 is 0 Å². The summed E-state index contributed by atoms with van der Waals surface area (Å²) < 4.78 is 5.48. The maximum atomic E-state index is 12.2. The normalized spacial score (nSPS) is 19.3. The minimum absolute atomic E-state index is 0.00233. The summed E-state index contributed by atoms with van der Waals surface area (Å²) in [4.78, 5) is 14.0. The maximum Gasteiger partial charge on any atom is 0.265 e. The van der Waals surface area contributed by atoms with E-state index in [1.165, 1.54) is 11.1 Å². The molecule has 4 nitrogen and oxygen atoms in total. The van der Waals surface area contributed by atoms with Gasteiger partial charge in [0.15, 0.2) is 6.61 Å². The summed E-state index contributed by atoms with van der Waals surface area (Å²) in [5, 5.41) is 0. The summed E-state index contributed by atoms with van der Waals surface area (Å²) in [5.74, 6) is 1.13. The van der Waals surface area contributed by atoms with Gasteiger partial charge >= 0.3 is 0 Å². The van der Waals surface area contributed by atoms with Gasteiger partial charge in [-0.3, -0.25) is 4.79 Å². The molecule has 1 amide bonds. The van der Waals surface area contributed by atoms with E-state index in [1.54, 1.807) is 6.07 Å². The van der Waals surface area contributed by atoms with E-state index >= 15 is 0 Å². The number of hydrogen-bond acceptors (Lipinski definition) is 3. The molecule has 1 aliphatic heterocycles. The van der Waals surface area contributed by atoms with Crippen molar-refractivity contribution in [1.29, 1.82) is 0 Å². The molecule has 1 aliphatic carbocycles. The second kappa shape index (κ2) is 4.52. The van der Waals surface area contributed by atoms with Gasteiger partial charge in [-0.05, 0) is 35.7 Å². The molecule has 0 saturated carbocycles. The zero-order valence-electron chi connectivity index (χ0n) is 11.6. The molecule has 0 saturated heterocycles. The molecule has 21 heavy (non-hydrogen) atoms. The molecule has 106 valence electrons. The van der Waals surface area contributed by atoms with Crippen molar-refractivity contribution in [3.8, 4) is 5.75 Å². The average molecular weight is 280 g/mol. The van der Waals surface area contributed by atoms with Crippen molar-refractivity contribution in [1.82, 2.24) is 0 Å². The lowest BCUT2D eigenvalue weighted by Gasteiger charge is -2.37. The predicted molar refractivity (Wildman–Crippen MR) is 81.6 cm³/mol. The van der Waals surface area contributed by atoms with Crippen LogP contribution in [0, 0.1) is 0 Å². The Morgan fingerprint density at radius 2 is 2.10 bits per heavy atom. The lowest BCUT2D eigenvalue weighted by atomic mass is 9.77. The van der Waals surface area contributed by atoms with Gasteiger partial charge in [-0.1, -0.05) is 24.3 Å². The van der Waals surface area contributed by atoms with Gasteiger partial charge in [-0.25, -0.2) is 0 Å². The summed E-state index contributed by atoms with van der Waals surface area (Å²) >= 11 is 0. The van der Waals surface area contributed by atoms with Crippen molar-refractivity contribution in [2.75, 3.05) is 23.8 Å². The van der Waals surface area contributed by atoms with Crippen molar-refractivity contribution in [2.24, 2.45) is 0 Å². The van der Waals surface area contributed by atoms with Crippen LogP contribution in [0.5, 0.6) is 5.75 Å². The highest BCUT2D eigenvalue weighted by Crippen LogP contribution is 2.39. The highest BCUT2D eigenvalue weighted by molar-refractivity contribution is 5.98. The van der Waals surface area contributed by atoms with Crippen LogP contribution < -0.4 is 15.4 Å². The van der Waals surface area contributed by atoms with Crippen molar-refractivity contribution in [3.63, 3.8) is 0 Å². The van der Waals surface area contributed by atoms with E-state index in [9.17, 15) is 4.79 Å². The third-order valence-corrected chi connectivity index (χ3v) is 4.29. The van der Waals surface area contributed by atoms with Gasteiger partial charge in [-0.2, -0.15) is 0 Å². The summed E-state index contributed by atoms with van der Waals surface area (Å²) in [7, 11) is 0. The van der Waals surface area contributed by atoms with E-state index in [-0.39, 0.29) is 12.5 Å². The third kappa shape index (κ3) is 1.95. The van der Waals surface area contributed by atoms with Crippen molar-refractivity contribution in [3.05, 3.63) is 53.6 Å². The zero-order valence-corrected chi connectivity index (χ0v) is 11.6. The van der Waals surface area contributed by atoms with Crippen molar-refractivity contribution in [2.45, 2.75) is 12.3 Å². The fourth-order valence-electron chi connectivity index (χ4n) is 3.17. The number of benzene rings is 2. The summed E-state index contributed by atoms with van der Waals surface area (Å²) in [6.45, 7) is 0.793. The Hall–Kier alpha value is -2.49. The minimum Gasteiger partial charge on any atom is -0.482 e. The second-order valence-electron chi connectivity index (χ2n) is 5.62. The summed E-state index contributed by atoms with van der Waals surface area (Å²) in [5.41, 5.74) is 10.0. The average Bonchev–Trinajstić information content (AvgIpc) is 2.46. The molecule has 1 unspecified atom stereocenters. The lowest BCUT2D eigenvalue weighted by Crippen LogP contribution is -2.43. The fraction of sp³-hybridized carbons (Fsp3) is 0.235. The van der Waals surface area contributed by atoms with E-state index in [2.05, 4.69) is 24.3 Å². The monoisotopic (exact) mass is 280 g/mol. The SMILES string of the molecule is Nc1ccc2c(c1)N(CC1Cc3ccccc31)C(=O)CO2. The quantitative estimate of drug-likeness (QED) is 0.859. The third-order valence-electron chi connectivity index (χ3n) is 4.29. The Bertz CT molecular complexity index is 726. The standard InChI is InChI=1S/C17H16N2O2/c18-13-5-6-16-15(8-13)19(17(20)10-21-16)9-12-7-11-3-1-2-4-14(11)12/h1-6,8,12H,7,9-10,18H2. The van der Waals surface area contributed by atoms with Crippen LogP contribution in [0.15, 0.2) is 42.5 Å². The van der Waals surface area contributed by atoms with Gasteiger partial charge < -0.3 is 15.4 Å². The van der Waals surface area contributed by atoms with Gasteiger partial charge in [0.1, 0.15) is 5.75 Å². The number of nitrogens with zero attached hydrogens (tertiary/aromatic N) is 1. The topological polar surface area (TPSA) is 55.6 Å². The van der Waals surface area contributed by atoms with Gasteiger partial charge in [0.05, 0.1) is 5.69 Å². The van der Waals surface area contributed by atoms with E-state index in [0.717, 1.165) is 17.9 Å². The number of anilines is 2.